The third-order valence-corrected chi connectivity index (χ3v) is 5.33. The molecular formula is C16H20F2N4O2S. The summed E-state index contributed by atoms with van der Waals surface area (Å²) in [6.07, 6.45) is 4.22. The lowest BCUT2D eigenvalue weighted by atomic mass is 10.0. The number of benzene rings is 1. The zero-order chi connectivity index (χ0) is 18.4. The maximum Gasteiger partial charge on any atom is 0.236 e. The Morgan fingerprint density at radius 2 is 2.08 bits per heavy atom. The molecular weight excluding hydrogens is 350 g/mol. The molecule has 136 valence electrons. The van der Waals surface area contributed by atoms with Crippen molar-refractivity contribution in [2.45, 2.75) is 33.2 Å². The van der Waals surface area contributed by atoms with Crippen molar-refractivity contribution >= 4 is 15.6 Å². The number of sulfonamides is 1. The van der Waals surface area contributed by atoms with E-state index in [1.807, 2.05) is 6.92 Å². The molecule has 1 N–H and O–H groups in total. The minimum absolute atomic E-state index is 0.00951. The SMILES string of the molecule is CCCCNS(=O)(=O)C(C)=C(Cn1cncn1)c1ccc(F)cc1F. The van der Waals surface area contributed by atoms with E-state index in [0.29, 0.717) is 13.0 Å². The predicted molar refractivity (Wildman–Crippen MR) is 90.8 cm³/mol. The van der Waals surface area contributed by atoms with Gasteiger partial charge in [-0.2, -0.15) is 5.10 Å². The van der Waals surface area contributed by atoms with Gasteiger partial charge in [-0.15, -0.1) is 0 Å². The molecule has 2 rings (SSSR count). The number of allylic oxidation sites excluding steroid dienone is 2. The second kappa shape index (κ2) is 8.30. The fourth-order valence-corrected chi connectivity index (χ4v) is 3.38. The van der Waals surface area contributed by atoms with E-state index >= 15 is 0 Å². The number of hydrogen-bond acceptors (Lipinski definition) is 4. The van der Waals surface area contributed by atoms with E-state index in [-0.39, 0.29) is 22.6 Å². The summed E-state index contributed by atoms with van der Waals surface area (Å²) >= 11 is 0. The van der Waals surface area contributed by atoms with Gasteiger partial charge in [0.1, 0.15) is 24.3 Å². The molecule has 0 aliphatic carbocycles. The molecule has 0 aliphatic rings. The quantitative estimate of drug-likeness (QED) is 0.725. The molecule has 0 atom stereocenters. The van der Waals surface area contributed by atoms with Gasteiger partial charge in [-0.05, 0) is 31.1 Å². The molecule has 9 heteroatoms. The highest BCUT2D eigenvalue weighted by atomic mass is 32.2. The minimum atomic E-state index is -3.80. The van der Waals surface area contributed by atoms with Crippen LogP contribution in [0, 0.1) is 11.6 Å². The third-order valence-electron chi connectivity index (χ3n) is 3.69. The Bertz CT molecular complexity index is 849. The molecule has 0 radical (unpaired) electrons. The maximum atomic E-state index is 14.2. The van der Waals surface area contributed by atoms with Crippen LogP contribution in [0.15, 0.2) is 35.8 Å². The Labute approximate surface area is 145 Å². The molecule has 1 aromatic carbocycles. The average Bonchev–Trinajstić information content (AvgIpc) is 3.06. The molecule has 2 aromatic rings. The van der Waals surface area contributed by atoms with E-state index in [0.717, 1.165) is 18.6 Å². The van der Waals surface area contributed by atoms with Gasteiger partial charge < -0.3 is 0 Å². The van der Waals surface area contributed by atoms with Gasteiger partial charge in [0.15, 0.2) is 0 Å². The van der Waals surface area contributed by atoms with Gasteiger partial charge in [-0.1, -0.05) is 13.3 Å². The normalized spacial score (nSPS) is 13.0. The van der Waals surface area contributed by atoms with Crippen LogP contribution in [0.1, 0.15) is 32.3 Å². The molecule has 6 nitrogen and oxygen atoms in total. The van der Waals surface area contributed by atoms with Gasteiger partial charge in [0.05, 0.1) is 11.4 Å². The summed E-state index contributed by atoms with van der Waals surface area (Å²) in [5, 5.41) is 3.93. The van der Waals surface area contributed by atoms with Crippen LogP contribution in [0.25, 0.3) is 5.57 Å². The summed E-state index contributed by atoms with van der Waals surface area (Å²) in [6.45, 7) is 3.62. The van der Waals surface area contributed by atoms with E-state index in [1.54, 1.807) is 0 Å². The molecule has 0 unspecified atom stereocenters. The highest BCUT2D eigenvalue weighted by Gasteiger charge is 2.21. The lowest BCUT2D eigenvalue weighted by Crippen LogP contribution is -2.26. The number of hydrogen-bond donors (Lipinski definition) is 1. The van der Waals surface area contributed by atoms with Gasteiger partial charge in [-0.3, -0.25) is 0 Å². The van der Waals surface area contributed by atoms with Crippen LogP contribution in [0.5, 0.6) is 0 Å². The highest BCUT2D eigenvalue weighted by molar-refractivity contribution is 7.93. The highest BCUT2D eigenvalue weighted by Crippen LogP contribution is 2.26. The van der Waals surface area contributed by atoms with Crippen LogP contribution in [-0.4, -0.2) is 29.7 Å². The summed E-state index contributed by atoms with van der Waals surface area (Å²) in [6, 6.07) is 3.03. The third kappa shape index (κ3) is 4.93. The van der Waals surface area contributed by atoms with Crippen LogP contribution in [-0.2, 0) is 16.6 Å². The molecule has 0 saturated carbocycles. The second-order valence-electron chi connectivity index (χ2n) is 5.50. The number of nitrogens with one attached hydrogen (secondary N) is 1. The maximum absolute atomic E-state index is 14.2. The van der Waals surface area contributed by atoms with E-state index in [4.69, 9.17) is 0 Å². The summed E-state index contributed by atoms with van der Waals surface area (Å²) in [4.78, 5) is 3.76. The largest absolute Gasteiger partial charge is 0.248 e. The predicted octanol–water partition coefficient (Wildman–Crippen LogP) is 2.71. The van der Waals surface area contributed by atoms with Crippen LogP contribution in [0.3, 0.4) is 0 Å². The van der Waals surface area contributed by atoms with Crippen molar-refractivity contribution in [3.05, 3.63) is 53.0 Å². The van der Waals surface area contributed by atoms with Crippen molar-refractivity contribution in [3.8, 4) is 0 Å². The monoisotopic (exact) mass is 370 g/mol. The lowest BCUT2D eigenvalue weighted by Gasteiger charge is -2.15. The lowest BCUT2D eigenvalue weighted by molar-refractivity contribution is 0.578. The summed E-state index contributed by atoms with van der Waals surface area (Å²) < 4.78 is 56.4. The Morgan fingerprint density at radius 1 is 1.32 bits per heavy atom. The molecule has 0 amide bonds. The van der Waals surface area contributed by atoms with Crippen molar-refractivity contribution in [3.63, 3.8) is 0 Å². The molecule has 0 saturated heterocycles. The van der Waals surface area contributed by atoms with Gasteiger partial charge in [0.25, 0.3) is 0 Å². The van der Waals surface area contributed by atoms with E-state index < -0.39 is 21.7 Å². The van der Waals surface area contributed by atoms with E-state index in [2.05, 4.69) is 14.8 Å². The number of halogens is 2. The minimum Gasteiger partial charge on any atom is -0.248 e. The molecule has 0 aliphatic heterocycles. The fraction of sp³-hybridized carbons (Fsp3) is 0.375. The first-order chi connectivity index (χ1) is 11.8. The number of aromatic nitrogens is 3. The first-order valence-electron chi connectivity index (χ1n) is 7.82. The first-order valence-corrected chi connectivity index (χ1v) is 9.30. The molecule has 1 heterocycles. The zero-order valence-corrected chi connectivity index (χ0v) is 14.9. The number of unbranched alkanes of at least 4 members (excludes halogenated alkanes) is 1. The fourth-order valence-electron chi connectivity index (χ4n) is 2.25. The molecule has 25 heavy (non-hydrogen) atoms. The van der Waals surface area contributed by atoms with Crippen LogP contribution in [0.2, 0.25) is 0 Å². The van der Waals surface area contributed by atoms with Gasteiger partial charge in [-0.25, -0.2) is 31.6 Å². The van der Waals surface area contributed by atoms with Crippen LogP contribution >= 0.6 is 0 Å². The Kier molecular flexibility index (Phi) is 6.38. The molecule has 1 aromatic heterocycles. The van der Waals surface area contributed by atoms with E-state index in [9.17, 15) is 17.2 Å². The van der Waals surface area contributed by atoms with Crippen molar-refractivity contribution < 1.29 is 17.2 Å². The van der Waals surface area contributed by atoms with Gasteiger partial charge in [0, 0.05) is 18.2 Å². The zero-order valence-electron chi connectivity index (χ0n) is 14.0. The first kappa shape index (κ1) is 19.2. The number of rotatable bonds is 8. The summed E-state index contributed by atoms with van der Waals surface area (Å²) in [5.41, 5.74) is 0.197. The van der Waals surface area contributed by atoms with Crippen LogP contribution < -0.4 is 4.72 Å². The van der Waals surface area contributed by atoms with Crippen molar-refractivity contribution in [1.82, 2.24) is 19.5 Å². The smallest absolute Gasteiger partial charge is 0.236 e. The molecule has 0 fully saturated rings. The molecule has 0 spiro atoms. The number of nitrogens with zero attached hydrogens (tertiary/aromatic N) is 3. The second-order valence-corrected chi connectivity index (χ2v) is 7.41. The summed E-state index contributed by atoms with van der Waals surface area (Å²) in [5.74, 6) is -1.57. The van der Waals surface area contributed by atoms with Crippen molar-refractivity contribution in [2.75, 3.05) is 6.54 Å². The van der Waals surface area contributed by atoms with E-state index in [1.165, 1.54) is 30.3 Å². The Balaban J connectivity index is 2.49. The Morgan fingerprint density at radius 3 is 2.68 bits per heavy atom. The van der Waals surface area contributed by atoms with Crippen molar-refractivity contribution in [1.29, 1.82) is 0 Å². The standard InChI is InChI=1S/C16H20F2N4O2S/c1-3-4-7-21-25(23,24)12(2)15(9-22-11-19-10-20-22)14-6-5-13(17)8-16(14)18/h5-6,8,10-11,21H,3-4,7,9H2,1-2H3. The van der Waals surface area contributed by atoms with Crippen molar-refractivity contribution in [2.24, 2.45) is 0 Å². The Hall–Kier alpha value is -2.13. The topological polar surface area (TPSA) is 76.9 Å². The van der Waals surface area contributed by atoms with Crippen LogP contribution in [0.4, 0.5) is 8.78 Å². The van der Waals surface area contributed by atoms with Gasteiger partial charge >= 0.3 is 0 Å². The van der Waals surface area contributed by atoms with Gasteiger partial charge in [0.2, 0.25) is 10.0 Å². The average molecular weight is 370 g/mol. The molecule has 0 bridgehead atoms. The summed E-state index contributed by atoms with van der Waals surface area (Å²) in [7, 11) is -3.80.